The van der Waals surface area contributed by atoms with Gasteiger partial charge in [-0.25, -0.2) is 13.4 Å². The molecule has 2 aromatic carbocycles. The zero-order chi connectivity index (χ0) is 19.9. The molecule has 11 heteroatoms. The lowest BCUT2D eigenvalue weighted by molar-refractivity contribution is 0.469. The minimum atomic E-state index is -3.89. The van der Waals surface area contributed by atoms with Crippen LogP contribution in [0, 0.1) is 13.8 Å². The molecule has 0 unspecified atom stereocenters. The predicted octanol–water partition coefficient (Wildman–Crippen LogP) is 2.96. The Morgan fingerprint density at radius 3 is 2.54 bits per heavy atom. The number of aromatic nitrogens is 5. The number of aromatic amines is 2. The van der Waals surface area contributed by atoms with E-state index in [0.29, 0.717) is 37.9 Å². The summed E-state index contributed by atoms with van der Waals surface area (Å²) in [7, 11) is -3.89. The molecule has 0 amide bonds. The van der Waals surface area contributed by atoms with Gasteiger partial charge in [-0.3, -0.25) is 14.9 Å². The Kier molecular flexibility index (Phi) is 4.47. The number of phenolic OH excluding ortho intramolecular Hbond substituents is 1. The largest absolute Gasteiger partial charge is 0.506 e. The Bertz CT molecular complexity index is 1250. The van der Waals surface area contributed by atoms with E-state index in [1.807, 2.05) is 0 Å². The van der Waals surface area contributed by atoms with Gasteiger partial charge in [0.05, 0.1) is 22.0 Å². The van der Waals surface area contributed by atoms with Crippen LogP contribution in [0.5, 0.6) is 5.75 Å². The van der Waals surface area contributed by atoms with Crippen molar-refractivity contribution in [3.63, 3.8) is 0 Å². The number of H-pyrrole nitrogens is 2. The smallest absolute Gasteiger partial charge is 0.265 e. The first-order chi connectivity index (χ1) is 13.4. The van der Waals surface area contributed by atoms with Gasteiger partial charge < -0.3 is 5.11 Å². The van der Waals surface area contributed by atoms with Crippen molar-refractivity contribution < 1.29 is 13.5 Å². The number of benzene rings is 2. The van der Waals surface area contributed by atoms with E-state index in [9.17, 15) is 13.5 Å². The number of rotatable bonds is 5. The summed E-state index contributed by atoms with van der Waals surface area (Å²) in [4.78, 5) is 4.57. The van der Waals surface area contributed by atoms with Crippen LogP contribution in [0.4, 0.5) is 5.69 Å². The second-order valence-electron chi connectivity index (χ2n) is 6.07. The van der Waals surface area contributed by atoms with Crippen LogP contribution in [-0.4, -0.2) is 38.9 Å². The number of phenols is 1. The fourth-order valence-corrected chi connectivity index (χ4v) is 5.20. The lowest BCUT2D eigenvalue weighted by Gasteiger charge is -2.14. The molecule has 4 rings (SSSR count). The van der Waals surface area contributed by atoms with Crippen LogP contribution in [-0.2, 0) is 10.0 Å². The highest BCUT2D eigenvalue weighted by Gasteiger charge is 2.24. The molecule has 9 nitrogen and oxygen atoms in total. The number of nitrogens with zero attached hydrogens (tertiary/aromatic N) is 3. The summed E-state index contributed by atoms with van der Waals surface area (Å²) in [6, 6.07) is 8.57. The molecule has 4 aromatic rings. The van der Waals surface area contributed by atoms with Gasteiger partial charge >= 0.3 is 0 Å². The molecular weight excluding hydrogens is 400 g/mol. The first kappa shape index (κ1) is 18.3. The Labute approximate surface area is 164 Å². The van der Waals surface area contributed by atoms with Crippen LogP contribution in [0.2, 0.25) is 0 Å². The molecule has 0 fully saturated rings. The first-order valence-corrected chi connectivity index (χ1v) is 10.5. The highest BCUT2D eigenvalue weighted by molar-refractivity contribution is 7.99. The van der Waals surface area contributed by atoms with E-state index in [2.05, 4.69) is 30.1 Å². The van der Waals surface area contributed by atoms with Gasteiger partial charge in [0.15, 0.2) is 0 Å². The molecule has 0 radical (unpaired) electrons. The van der Waals surface area contributed by atoms with Gasteiger partial charge in [0.1, 0.15) is 17.0 Å². The summed E-state index contributed by atoms with van der Waals surface area (Å²) in [6.45, 7) is 3.27. The molecule has 2 heterocycles. The Hall–Kier alpha value is -3.05. The van der Waals surface area contributed by atoms with E-state index in [4.69, 9.17) is 0 Å². The molecule has 0 saturated carbocycles. The molecule has 28 heavy (non-hydrogen) atoms. The zero-order valence-corrected chi connectivity index (χ0v) is 16.5. The van der Waals surface area contributed by atoms with E-state index in [1.54, 1.807) is 44.2 Å². The summed E-state index contributed by atoms with van der Waals surface area (Å²) in [5.41, 5.74) is 1.17. The predicted molar refractivity (Wildman–Crippen MR) is 105 cm³/mol. The number of nitrogens with one attached hydrogen (secondary N) is 3. The highest BCUT2D eigenvalue weighted by atomic mass is 32.2. The van der Waals surface area contributed by atoms with Gasteiger partial charge in [-0.15, -0.1) is 5.10 Å². The SMILES string of the molecule is Cc1n[nH]c(C)c1S(=O)(=O)Nc1cc(Sc2nc[nH]n2)c(O)c2ccccc12. The van der Waals surface area contributed by atoms with Gasteiger partial charge in [0.25, 0.3) is 10.0 Å². The van der Waals surface area contributed by atoms with Crippen LogP contribution in [0.3, 0.4) is 0 Å². The molecule has 144 valence electrons. The van der Waals surface area contributed by atoms with E-state index < -0.39 is 10.0 Å². The number of sulfonamides is 1. The van der Waals surface area contributed by atoms with Crippen molar-refractivity contribution in [2.75, 3.05) is 4.72 Å². The standard InChI is InChI=1S/C17H16N6O3S2/c1-9-16(10(2)21-20-9)28(25,26)23-13-7-14(27-17-18-8-19-22-17)15(24)12-6-4-3-5-11(12)13/h3-8,23-24H,1-2H3,(H,20,21)(H,18,19,22). The van der Waals surface area contributed by atoms with E-state index in [0.717, 1.165) is 11.8 Å². The topological polar surface area (TPSA) is 137 Å². The summed E-state index contributed by atoms with van der Waals surface area (Å²) in [5.74, 6) is 0.0315. The third kappa shape index (κ3) is 3.18. The number of hydrogen-bond acceptors (Lipinski definition) is 7. The van der Waals surface area contributed by atoms with Gasteiger partial charge in [-0.2, -0.15) is 5.10 Å². The molecule has 0 aliphatic rings. The van der Waals surface area contributed by atoms with Crippen LogP contribution in [0.25, 0.3) is 10.8 Å². The number of aromatic hydroxyl groups is 1. The summed E-state index contributed by atoms with van der Waals surface area (Å²) in [6.07, 6.45) is 1.43. The highest BCUT2D eigenvalue weighted by Crippen LogP contribution is 2.42. The summed E-state index contributed by atoms with van der Waals surface area (Å²) in [5, 5.41) is 25.4. The van der Waals surface area contributed by atoms with Gasteiger partial charge in [0, 0.05) is 10.8 Å². The first-order valence-electron chi connectivity index (χ1n) is 8.19. The number of aryl methyl sites for hydroxylation is 2. The van der Waals surface area contributed by atoms with E-state index >= 15 is 0 Å². The number of anilines is 1. The van der Waals surface area contributed by atoms with Crippen LogP contribution >= 0.6 is 11.8 Å². The van der Waals surface area contributed by atoms with Crippen molar-refractivity contribution >= 4 is 38.2 Å². The maximum atomic E-state index is 13.0. The lowest BCUT2D eigenvalue weighted by Crippen LogP contribution is -2.15. The molecule has 0 aliphatic carbocycles. The second-order valence-corrected chi connectivity index (χ2v) is 8.70. The number of fused-ring (bicyclic) bond motifs is 1. The van der Waals surface area contributed by atoms with Crippen LogP contribution < -0.4 is 4.72 Å². The normalized spacial score (nSPS) is 11.8. The van der Waals surface area contributed by atoms with Crippen molar-refractivity contribution in [1.82, 2.24) is 25.4 Å². The average molecular weight is 416 g/mol. The molecule has 2 aromatic heterocycles. The zero-order valence-electron chi connectivity index (χ0n) is 14.9. The third-order valence-electron chi connectivity index (χ3n) is 4.15. The van der Waals surface area contributed by atoms with Gasteiger partial charge in [-0.05, 0) is 31.7 Å². The van der Waals surface area contributed by atoms with Gasteiger partial charge in [0.2, 0.25) is 5.16 Å². The van der Waals surface area contributed by atoms with Crippen molar-refractivity contribution in [3.05, 3.63) is 48.0 Å². The Morgan fingerprint density at radius 2 is 1.89 bits per heavy atom. The molecule has 0 aliphatic heterocycles. The Balaban J connectivity index is 1.85. The average Bonchev–Trinajstić information content (AvgIpc) is 3.28. The number of hydrogen-bond donors (Lipinski definition) is 4. The molecule has 0 spiro atoms. The quantitative estimate of drug-likeness (QED) is 0.367. The monoisotopic (exact) mass is 416 g/mol. The van der Waals surface area contributed by atoms with Crippen molar-refractivity contribution in [3.8, 4) is 5.75 Å². The lowest BCUT2D eigenvalue weighted by atomic mass is 10.1. The minimum absolute atomic E-state index is 0.0315. The molecular formula is C17H16N6O3S2. The van der Waals surface area contributed by atoms with Gasteiger partial charge in [-0.1, -0.05) is 24.3 Å². The van der Waals surface area contributed by atoms with Crippen molar-refractivity contribution in [1.29, 1.82) is 0 Å². The van der Waals surface area contributed by atoms with Crippen LogP contribution in [0.1, 0.15) is 11.4 Å². The fourth-order valence-electron chi connectivity index (χ4n) is 2.97. The minimum Gasteiger partial charge on any atom is -0.506 e. The van der Waals surface area contributed by atoms with E-state index in [-0.39, 0.29) is 10.6 Å². The van der Waals surface area contributed by atoms with Crippen LogP contribution in [0.15, 0.2) is 51.6 Å². The molecule has 0 saturated heterocycles. The second kappa shape index (κ2) is 6.84. The Morgan fingerprint density at radius 1 is 1.14 bits per heavy atom. The molecule has 0 bridgehead atoms. The summed E-state index contributed by atoms with van der Waals surface area (Å²) >= 11 is 1.12. The van der Waals surface area contributed by atoms with Crippen molar-refractivity contribution in [2.45, 2.75) is 28.8 Å². The van der Waals surface area contributed by atoms with Crippen molar-refractivity contribution in [2.24, 2.45) is 0 Å². The maximum absolute atomic E-state index is 13.0. The summed E-state index contributed by atoms with van der Waals surface area (Å²) < 4.78 is 28.6. The third-order valence-corrected chi connectivity index (χ3v) is 6.69. The van der Waals surface area contributed by atoms with E-state index in [1.165, 1.54) is 6.33 Å². The molecule has 0 atom stereocenters. The fraction of sp³-hybridized carbons (Fsp3) is 0.118. The molecule has 4 N–H and O–H groups in total. The maximum Gasteiger partial charge on any atom is 0.265 e.